The molecule has 2 aliphatic carbocycles. The maximum Gasteiger partial charge on any atom is 0.191 e. The highest BCUT2D eigenvalue weighted by Gasteiger charge is 2.59. The van der Waals surface area contributed by atoms with Gasteiger partial charge in [0.05, 0.1) is 12.7 Å². The largest absolute Gasteiger partial charge is 0.381 e. The van der Waals surface area contributed by atoms with Crippen molar-refractivity contribution in [3.63, 3.8) is 0 Å². The molecule has 0 aromatic rings. The Morgan fingerprint density at radius 1 is 1.43 bits per heavy atom. The smallest absolute Gasteiger partial charge is 0.191 e. The van der Waals surface area contributed by atoms with Gasteiger partial charge in [-0.3, -0.25) is 4.99 Å². The van der Waals surface area contributed by atoms with Crippen LogP contribution in [0.25, 0.3) is 0 Å². The number of guanidine groups is 1. The van der Waals surface area contributed by atoms with E-state index in [1.165, 1.54) is 19.3 Å². The molecule has 120 valence electrons. The molecule has 0 amide bonds. The summed E-state index contributed by atoms with van der Waals surface area (Å²) >= 11 is 0. The first-order valence-electron chi connectivity index (χ1n) is 8.45. The zero-order chi connectivity index (χ0) is 14.7. The fourth-order valence-electron chi connectivity index (χ4n) is 3.99. The predicted octanol–water partition coefficient (Wildman–Crippen LogP) is 1.54. The van der Waals surface area contributed by atoms with Gasteiger partial charge in [0.2, 0.25) is 0 Å². The summed E-state index contributed by atoms with van der Waals surface area (Å²) in [7, 11) is 1.85. The molecule has 0 aromatic carbocycles. The molecule has 1 heterocycles. The van der Waals surface area contributed by atoms with Crippen molar-refractivity contribution in [2.24, 2.45) is 16.3 Å². The first-order chi connectivity index (χ1) is 10.3. The summed E-state index contributed by atoms with van der Waals surface area (Å²) in [4.78, 5) is 4.38. The number of rotatable bonds is 5. The van der Waals surface area contributed by atoms with E-state index in [0.29, 0.717) is 23.5 Å². The second-order valence-electron chi connectivity index (χ2n) is 6.65. The molecule has 1 spiro atoms. The van der Waals surface area contributed by atoms with Crippen LogP contribution in [0.1, 0.15) is 39.0 Å². The normalized spacial score (nSPS) is 34.4. The van der Waals surface area contributed by atoms with Crippen LogP contribution < -0.4 is 10.6 Å². The molecule has 3 fully saturated rings. The molecule has 3 unspecified atom stereocenters. The van der Waals surface area contributed by atoms with Crippen LogP contribution in [-0.4, -0.2) is 51.5 Å². The topological polar surface area (TPSA) is 54.9 Å². The Morgan fingerprint density at radius 3 is 2.86 bits per heavy atom. The van der Waals surface area contributed by atoms with Crippen LogP contribution in [0, 0.1) is 11.3 Å². The lowest BCUT2D eigenvalue weighted by atomic mass is 9.51. The maximum absolute atomic E-state index is 5.91. The molecule has 0 aromatic heterocycles. The van der Waals surface area contributed by atoms with Crippen molar-refractivity contribution in [3.05, 3.63) is 0 Å². The summed E-state index contributed by atoms with van der Waals surface area (Å²) in [6.07, 6.45) is 6.65. The molecule has 1 saturated heterocycles. The number of nitrogens with one attached hydrogen (secondary N) is 2. The van der Waals surface area contributed by atoms with E-state index in [-0.39, 0.29) is 0 Å². The third-order valence-electron chi connectivity index (χ3n) is 5.55. The van der Waals surface area contributed by atoms with Crippen LogP contribution >= 0.6 is 0 Å². The molecule has 2 saturated carbocycles. The van der Waals surface area contributed by atoms with Crippen molar-refractivity contribution in [2.75, 3.05) is 33.4 Å². The average Bonchev–Trinajstić information content (AvgIpc) is 2.92. The summed E-state index contributed by atoms with van der Waals surface area (Å²) in [6, 6.07) is 0.522. The molecule has 1 aliphatic heterocycles. The summed E-state index contributed by atoms with van der Waals surface area (Å²) in [5.41, 5.74) is 0.379. The molecule has 3 atom stereocenters. The Morgan fingerprint density at radius 2 is 2.29 bits per heavy atom. The highest BCUT2D eigenvalue weighted by Crippen LogP contribution is 2.57. The van der Waals surface area contributed by atoms with E-state index in [1.54, 1.807) is 0 Å². The van der Waals surface area contributed by atoms with E-state index < -0.39 is 0 Å². The van der Waals surface area contributed by atoms with Crippen LogP contribution in [-0.2, 0) is 9.47 Å². The van der Waals surface area contributed by atoms with Crippen molar-refractivity contribution >= 4 is 5.96 Å². The first-order valence-corrected chi connectivity index (χ1v) is 8.45. The van der Waals surface area contributed by atoms with Crippen LogP contribution in [0.4, 0.5) is 0 Å². The monoisotopic (exact) mass is 295 g/mol. The molecule has 0 bridgehead atoms. The molecule has 21 heavy (non-hydrogen) atoms. The van der Waals surface area contributed by atoms with Crippen molar-refractivity contribution in [1.82, 2.24) is 10.6 Å². The average molecular weight is 295 g/mol. The number of ether oxygens (including phenoxy) is 2. The van der Waals surface area contributed by atoms with Gasteiger partial charge in [0.25, 0.3) is 0 Å². The van der Waals surface area contributed by atoms with Crippen molar-refractivity contribution in [3.8, 4) is 0 Å². The summed E-state index contributed by atoms with van der Waals surface area (Å²) < 4.78 is 11.3. The molecule has 5 nitrogen and oxygen atoms in total. The Bertz CT molecular complexity index is 376. The highest BCUT2D eigenvalue weighted by molar-refractivity contribution is 5.80. The van der Waals surface area contributed by atoms with Gasteiger partial charge in [-0.15, -0.1) is 0 Å². The molecule has 2 N–H and O–H groups in total. The highest BCUT2D eigenvalue weighted by atomic mass is 16.5. The standard InChI is InChI=1S/C16H29N3O2/c1-3-21-14-9-13(16(14)6-4-7-16)19-15(17-2)18-10-12-5-8-20-11-12/h12-14H,3-11H2,1-2H3,(H2,17,18,19). The third kappa shape index (κ3) is 2.90. The van der Waals surface area contributed by atoms with E-state index in [2.05, 4.69) is 22.5 Å². The van der Waals surface area contributed by atoms with Crippen LogP contribution in [0.5, 0.6) is 0 Å². The minimum atomic E-state index is 0.379. The van der Waals surface area contributed by atoms with Gasteiger partial charge in [0, 0.05) is 44.2 Å². The van der Waals surface area contributed by atoms with Crippen molar-refractivity contribution < 1.29 is 9.47 Å². The van der Waals surface area contributed by atoms with E-state index in [1.807, 2.05) is 7.05 Å². The number of hydrogen-bond acceptors (Lipinski definition) is 3. The lowest BCUT2D eigenvalue weighted by Gasteiger charge is -2.61. The number of hydrogen-bond donors (Lipinski definition) is 2. The summed E-state index contributed by atoms with van der Waals surface area (Å²) in [5.74, 6) is 1.56. The maximum atomic E-state index is 5.91. The lowest BCUT2D eigenvalue weighted by molar-refractivity contribution is -0.168. The number of nitrogens with zero attached hydrogens (tertiary/aromatic N) is 1. The van der Waals surface area contributed by atoms with Gasteiger partial charge in [-0.05, 0) is 32.6 Å². The van der Waals surface area contributed by atoms with Crippen LogP contribution in [0.3, 0.4) is 0 Å². The second kappa shape index (κ2) is 6.53. The van der Waals surface area contributed by atoms with Gasteiger partial charge < -0.3 is 20.1 Å². The first kappa shape index (κ1) is 15.1. The van der Waals surface area contributed by atoms with E-state index in [4.69, 9.17) is 9.47 Å². The summed E-state index contributed by atoms with van der Waals surface area (Å²) in [5, 5.41) is 7.09. The second-order valence-corrected chi connectivity index (χ2v) is 6.65. The third-order valence-corrected chi connectivity index (χ3v) is 5.55. The fourth-order valence-corrected chi connectivity index (χ4v) is 3.99. The van der Waals surface area contributed by atoms with Gasteiger partial charge in [-0.1, -0.05) is 6.42 Å². The van der Waals surface area contributed by atoms with Crippen molar-refractivity contribution in [1.29, 1.82) is 0 Å². The molecule has 5 heteroatoms. The van der Waals surface area contributed by atoms with E-state index in [9.17, 15) is 0 Å². The fraction of sp³-hybridized carbons (Fsp3) is 0.938. The molecule has 0 radical (unpaired) electrons. The quantitative estimate of drug-likeness (QED) is 0.597. The van der Waals surface area contributed by atoms with Crippen molar-refractivity contribution in [2.45, 2.75) is 51.2 Å². The minimum absolute atomic E-state index is 0.379. The Balaban J connectivity index is 1.48. The van der Waals surface area contributed by atoms with Gasteiger partial charge in [0.15, 0.2) is 5.96 Å². The molecular weight excluding hydrogens is 266 g/mol. The van der Waals surface area contributed by atoms with Crippen LogP contribution in [0.15, 0.2) is 4.99 Å². The van der Waals surface area contributed by atoms with E-state index >= 15 is 0 Å². The molecular formula is C16H29N3O2. The van der Waals surface area contributed by atoms with E-state index in [0.717, 1.165) is 45.2 Å². The van der Waals surface area contributed by atoms with Crippen LogP contribution in [0.2, 0.25) is 0 Å². The Hall–Kier alpha value is -0.810. The zero-order valence-corrected chi connectivity index (χ0v) is 13.4. The molecule has 3 aliphatic rings. The van der Waals surface area contributed by atoms with Gasteiger partial charge in [0.1, 0.15) is 0 Å². The van der Waals surface area contributed by atoms with Gasteiger partial charge in [-0.2, -0.15) is 0 Å². The summed E-state index contributed by atoms with van der Waals surface area (Å²) in [6.45, 7) is 5.66. The number of aliphatic imine (C=N–C) groups is 1. The Labute approximate surface area is 127 Å². The minimum Gasteiger partial charge on any atom is -0.381 e. The van der Waals surface area contributed by atoms with Gasteiger partial charge >= 0.3 is 0 Å². The molecule has 3 rings (SSSR count). The van der Waals surface area contributed by atoms with Gasteiger partial charge in [-0.25, -0.2) is 0 Å². The SMILES string of the molecule is CCOC1CC(NC(=NC)NCC2CCOC2)C12CCC2. The Kier molecular flexibility index (Phi) is 4.69. The lowest BCUT2D eigenvalue weighted by Crippen LogP contribution is -2.68. The predicted molar refractivity (Wildman–Crippen MR) is 83.5 cm³/mol. The zero-order valence-electron chi connectivity index (χ0n) is 13.4.